The van der Waals surface area contributed by atoms with Crippen LogP contribution in [0.2, 0.25) is 0 Å². The van der Waals surface area contributed by atoms with E-state index in [1.807, 2.05) is 37.3 Å². The minimum Gasteiger partial charge on any atom is -0.444 e. The molecule has 0 aromatic carbocycles. The number of rotatable bonds is 4. The number of nitrogens with one attached hydrogen (secondary N) is 2. The van der Waals surface area contributed by atoms with Gasteiger partial charge in [-0.05, 0) is 65.7 Å². The summed E-state index contributed by atoms with van der Waals surface area (Å²) in [5.74, 6) is 3.06. The van der Waals surface area contributed by atoms with Crippen LogP contribution < -0.4 is 10.6 Å². The van der Waals surface area contributed by atoms with Crippen LogP contribution in [0.4, 0.5) is 4.79 Å². The molecule has 3 rings (SSSR count). The number of carbonyl (C=O) groups excluding carboxylic acids is 1. The molecule has 2 atom stereocenters. The van der Waals surface area contributed by atoms with Crippen LogP contribution in [0.15, 0.2) is 4.99 Å². The number of likely N-dealkylation sites (tertiary alicyclic amines) is 1. The van der Waals surface area contributed by atoms with E-state index in [9.17, 15) is 4.79 Å². The lowest BCUT2D eigenvalue weighted by molar-refractivity contribution is 0.0162. The number of halogens is 1. The fourth-order valence-corrected chi connectivity index (χ4v) is 4.15. The highest BCUT2D eigenvalue weighted by Gasteiger charge is 2.28. The molecule has 1 amide bonds. The minimum absolute atomic E-state index is 0. The van der Waals surface area contributed by atoms with Gasteiger partial charge in [-0.3, -0.25) is 4.99 Å². The van der Waals surface area contributed by atoms with Crippen molar-refractivity contribution in [1.82, 2.24) is 30.3 Å². The number of ether oxygens (including phenoxy) is 1. The third-order valence-corrected chi connectivity index (χ3v) is 5.53. The molecule has 3 heterocycles. The van der Waals surface area contributed by atoms with E-state index < -0.39 is 5.60 Å². The molecule has 0 radical (unpaired) electrons. The topological polar surface area (TPSA) is 96.7 Å². The molecule has 0 bridgehead atoms. The first-order chi connectivity index (χ1) is 14.2. The molecule has 1 aromatic heterocycles. The summed E-state index contributed by atoms with van der Waals surface area (Å²) in [4.78, 5) is 23.2. The number of carbonyl (C=O) groups is 1. The number of aliphatic imine (C=N–C) groups is 1. The van der Waals surface area contributed by atoms with Gasteiger partial charge in [0.1, 0.15) is 17.2 Å². The summed E-state index contributed by atoms with van der Waals surface area (Å²) >= 11 is 0. The second-order valence-electron chi connectivity index (χ2n) is 9.30. The number of aromatic nitrogens is 3. The number of nitrogens with zero attached hydrogens (tertiary/aromatic N) is 5. The Balaban J connectivity index is 0.00000341. The van der Waals surface area contributed by atoms with Gasteiger partial charge in [0.15, 0.2) is 5.96 Å². The molecule has 2 aliphatic heterocycles. The van der Waals surface area contributed by atoms with Crippen LogP contribution in [0.1, 0.15) is 70.6 Å². The Bertz CT molecular complexity index is 759. The monoisotopic (exact) mass is 547 g/mol. The zero-order chi connectivity index (χ0) is 21.7. The maximum Gasteiger partial charge on any atom is 0.410 e. The average molecular weight is 547 g/mol. The van der Waals surface area contributed by atoms with Gasteiger partial charge in [-0.2, -0.15) is 5.10 Å². The maximum absolute atomic E-state index is 12.4. The molecular weight excluding hydrogens is 509 g/mol. The molecular formula is C21H38IN7O2. The Labute approximate surface area is 202 Å². The van der Waals surface area contributed by atoms with E-state index in [1.165, 1.54) is 0 Å². The van der Waals surface area contributed by atoms with Crippen molar-refractivity contribution in [2.75, 3.05) is 26.7 Å². The number of hydrogen-bond acceptors (Lipinski definition) is 5. The second kappa shape index (κ2) is 11.3. The zero-order valence-electron chi connectivity index (χ0n) is 19.5. The Kier molecular flexibility index (Phi) is 9.38. The standard InChI is InChI=1S/C21H37N7O2.HI/c1-15-24-18-17(9-7-13-28(18)26-15)25-19(22-5)23-11-10-16-8-6-12-27(14-16)20(29)30-21(2,3)4;/h16-17H,6-14H2,1-5H3,(H2,22,23,25);1H. The van der Waals surface area contributed by atoms with Gasteiger partial charge < -0.3 is 20.3 Å². The van der Waals surface area contributed by atoms with Crippen molar-refractivity contribution < 1.29 is 9.53 Å². The molecule has 176 valence electrons. The smallest absolute Gasteiger partial charge is 0.410 e. The van der Waals surface area contributed by atoms with Crippen molar-refractivity contribution in [3.63, 3.8) is 0 Å². The zero-order valence-corrected chi connectivity index (χ0v) is 21.8. The van der Waals surface area contributed by atoms with Crippen molar-refractivity contribution in [3.05, 3.63) is 11.6 Å². The maximum atomic E-state index is 12.4. The van der Waals surface area contributed by atoms with Gasteiger partial charge in [-0.25, -0.2) is 14.5 Å². The molecule has 31 heavy (non-hydrogen) atoms. The van der Waals surface area contributed by atoms with E-state index in [4.69, 9.17) is 4.74 Å². The average Bonchev–Trinajstić information content (AvgIpc) is 3.07. The molecule has 1 aromatic rings. The fraction of sp³-hybridized carbons (Fsp3) is 0.810. The number of guanidine groups is 1. The molecule has 2 unspecified atom stereocenters. The molecule has 2 N–H and O–H groups in total. The largest absolute Gasteiger partial charge is 0.444 e. The van der Waals surface area contributed by atoms with Crippen LogP contribution in [-0.2, 0) is 11.3 Å². The van der Waals surface area contributed by atoms with Crippen LogP contribution in [-0.4, -0.2) is 64.0 Å². The highest BCUT2D eigenvalue weighted by Crippen LogP contribution is 2.23. The highest BCUT2D eigenvalue weighted by molar-refractivity contribution is 14.0. The van der Waals surface area contributed by atoms with Gasteiger partial charge in [0, 0.05) is 33.2 Å². The predicted octanol–water partition coefficient (Wildman–Crippen LogP) is 3.24. The van der Waals surface area contributed by atoms with Crippen molar-refractivity contribution in [1.29, 1.82) is 0 Å². The quantitative estimate of drug-likeness (QED) is 0.342. The van der Waals surface area contributed by atoms with Crippen molar-refractivity contribution in [2.45, 2.75) is 78.0 Å². The first-order valence-corrected chi connectivity index (χ1v) is 11.1. The minimum atomic E-state index is -0.453. The van der Waals surface area contributed by atoms with Crippen LogP contribution in [0, 0.1) is 12.8 Å². The predicted molar refractivity (Wildman–Crippen MR) is 132 cm³/mol. The van der Waals surface area contributed by atoms with E-state index in [0.717, 1.165) is 75.9 Å². The summed E-state index contributed by atoms with van der Waals surface area (Å²) in [6.45, 7) is 10.9. The normalized spacial score (nSPS) is 21.7. The second-order valence-corrected chi connectivity index (χ2v) is 9.30. The van der Waals surface area contributed by atoms with E-state index in [1.54, 1.807) is 7.05 Å². The first-order valence-electron chi connectivity index (χ1n) is 11.1. The molecule has 0 saturated carbocycles. The Morgan fingerprint density at radius 2 is 2.00 bits per heavy atom. The summed E-state index contributed by atoms with van der Waals surface area (Å²) in [6, 6.07) is 0.128. The number of fused-ring (bicyclic) bond motifs is 1. The summed E-state index contributed by atoms with van der Waals surface area (Å²) in [7, 11) is 1.79. The molecule has 10 heteroatoms. The molecule has 1 saturated heterocycles. The highest BCUT2D eigenvalue weighted by atomic mass is 127. The van der Waals surface area contributed by atoms with Crippen molar-refractivity contribution in [3.8, 4) is 0 Å². The number of aryl methyl sites for hydroxylation is 2. The van der Waals surface area contributed by atoms with E-state index in [2.05, 4.69) is 25.7 Å². The van der Waals surface area contributed by atoms with Crippen LogP contribution in [0.5, 0.6) is 0 Å². The van der Waals surface area contributed by atoms with E-state index >= 15 is 0 Å². The SMILES string of the molecule is CN=C(NCCC1CCCN(C(=O)OC(C)(C)C)C1)NC1CCCn2nc(C)nc21.I. The molecule has 0 aliphatic carbocycles. The Morgan fingerprint density at radius 1 is 1.26 bits per heavy atom. The van der Waals surface area contributed by atoms with E-state index in [0.29, 0.717) is 5.92 Å². The number of hydrogen-bond donors (Lipinski definition) is 2. The summed E-state index contributed by atoms with van der Waals surface area (Å²) in [5.41, 5.74) is -0.453. The molecule has 1 fully saturated rings. The van der Waals surface area contributed by atoms with Gasteiger partial charge in [0.25, 0.3) is 0 Å². The molecule has 2 aliphatic rings. The lowest BCUT2D eigenvalue weighted by Gasteiger charge is -2.34. The van der Waals surface area contributed by atoms with Crippen LogP contribution >= 0.6 is 24.0 Å². The third-order valence-electron chi connectivity index (χ3n) is 5.53. The van der Waals surface area contributed by atoms with Crippen molar-refractivity contribution in [2.24, 2.45) is 10.9 Å². The van der Waals surface area contributed by atoms with Gasteiger partial charge in [-0.1, -0.05) is 0 Å². The summed E-state index contributed by atoms with van der Waals surface area (Å²) in [6.07, 6.45) is 5.04. The summed E-state index contributed by atoms with van der Waals surface area (Å²) < 4.78 is 7.53. The number of piperidine rings is 1. The summed E-state index contributed by atoms with van der Waals surface area (Å²) in [5, 5.41) is 11.4. The first kappa shape index (κ1) is 25.7. The van der Waals surface area contributed by atoms with Gasteiger partial charge >= 0.3 is 6.09 Å². The van der Waals surface area contributed by atoms with E-state index in [-0.39, 0.29) is 36.1 Å². The lowest BCUT2D eigenvalue weighted by Crippen LogP contribution is -2.44. The fourth-order valence-electron chi connectivity index (χ4n) is 4.15. The molecule has 0 spiro atoms. The van der Waals surface area contributed by atoms with Gasteiger partial charge in [-0.15, -0.1) is 24.0 Å². The lowest BCUT2D eigenvalue weighted by atomic mass is 9.95. The molecule has 9 nitrogen and oxygen atoms in total. The third kappa shape index (κ3) is 7.50. The van der Waals surface area contributed by atoms with Gasteiger partial charge in [0.05, 0.1) is 6.04 Å². The van der Waals surface area contributed by atoms with Crippen molar-refractivity contribution >= 4 is 36.0 Å². The number of amides is 1. The Morgan fingerprint density at radius 3 is 2.71 bits per heavy atom. The van der Waals surface area contributed by atoms with Crippen LogP contribution in [0.3, 0.4) is 0 Å². The van der Waals surface area contributed by atoms with Gasteiger partial charge in [0.2, 0.25) is 0 Å². The van der Waals surface area contributed by atoms with Crippen LogP contribution in [0.25, 0.3) is 0 Å². The Hall–Kier alpha value is -1.59.